The van der Waals surface area contributed by atoms with Crippen LogP contribution in [0.15, 0.2) is 0 Å². The molecule has 12 heavy (non-hydrogen) atoms. The smallest absolute Gasteiger partial charge is 0.266 e. The van der Waals surface area contributed by atoms with Crippen molar-refractivity contribution in [1.82, 2.24) is 0 Å². The Morgan fingerprint density at radius 3 is 2.50 bits per heavy atom. The monoisotopic (exact) mass is 190 g/mol. The number of rotatable bonds is 0. The van der Waals surface area contributed by atoms with Gasteiger partial charge in [0.25, 0.3) is 10.1 Å². The molecule has 3 nitrogen and oxygen atoms in total. The van der Waals surface area contributed by atoms with Crippen molar-refractivity contribution in [3.63, 3.8) is 0 Å². The molecule has 0 radical (unpaired) electrons. The summed E-state index contributed by atoms with van der Waals surface area (Å²) in [7, 11) is -3.21. The first-order chi connectivity index (χ1) is 5.50. The Hall–Kier alpha value is -0.0900. The van der Waals surface area contributed by atoms with Crippen molar-refractivity contribution in [2.24, 2.45) is 11.8 Å². The lowest BCUT2D eigenvalue weighted by atomic mass is 9.81. The second-order valence-corrected chi connectivity index (χ2v) is 5.89. The highest BCUT2D eigenvalue weighted by atomic mass is 32.2. The fourth-order valence-corrected chi connectivity index (χ4v) is 4.32. The van der Waals surface area contributed by atoms with Gasteiger partial charge in [0.15, 0.2) is 0 Å². The predicted octanol–water partition coefficient (Wildman–Crippen LogP) is 1.15. The van der Waals surface area contributed by atoms with E-state index in [1.54, 1.807) is 0 Å². The van der Waals surface area contributed by atoms with E-state index in [1.807, 2.05) is 6.92 Å². The van der Waals surface area contributed by atoms with Crippen LogP contribution in [0.4, 0.5) is 0 Å². The zero-order valence-corrected chi connectivity index (χ0v) is 8.17. The number of hydrogen-bond donors (Lipinski definition) is 0. The van der Waals surface area contributed by atoms with Crippen molar-refractivity contribution >= 4 is 10.1 Å². The molecule has 1 heterocycles. The first kappa shape index (κ1) is 8.51. The predicted molar refractivity (Wildman–Crippen MR) is 45.1 cm³/mol. The Balaban J connectivity index is 2.34. The first-order valence-corrected chi connectivity index (χ1v) is 5.90. The van der Waals surface area contributed by atoms with E-state index in [-0.39, 0.29) is 17.3 Å². The Morgan fingerprint density at radius 2 is 1.92 bits per heavy atom. The average molecular weight is 190 g/mol. The third-order valence-corrected chi connectivity index (χ3v) is 4.95. The van der Waals surface area contributed by atoms with Crippen LogP contribution < -0.4 is 0 Å². The van der Waals surface area contributed by atoms with E-state index in [9.17, 15) is 8.42 Å². The van der Waals surface area contributed by atoms with Crippen molar-refractivity contribution in [1.29, 1.82) is 0 Å². The van der Waals surface area contributed by atoms with Gasteiger partial charge in [0.05, 0.1) is 11.4 Å². The standard InChI is InChI=1S/C8H14O3S/c1-5-3-7-6(2)8(4-5)12(9,10)11-7/h5-8H,3-4H2,1-2H3. The Bertz CT molecular complexity index is 283. The summed E-state index contributed by atoms with van der Waals surface area (Å²) in [6.45, 7) is 4.07. The van der Waals surface area contributed by atoms with Crippen molar-refractivity contribution in [3.05, 3.63) is 0 Å². The lowest BCUT2D eigenvalue weighted by molar-refractivity contribution is 0.134. The van der Waals surface area contributed by atoms with Gasteiger partial charge in [-0.25, -0.2) is 0 Å². The molecule has 1 saturated carbocycles. The number of hydrogen-bond acceptors (Lipinski definition) is 3. The zero-order valence-electron chi connectivity index (χ0n) is 7.36. The van der Waals surface area contributed by atoms with Gasteiger partial charge in [0.1, 0.15) is 0 Å². The molecule has 0 N–H and O–H groups in total. The zero-order chi connectivity index (χ0) is 8.93. The summed E-state index contributed by atoms with van der Waals surface area (Å²) in [6, 6.07) is 0. The summed E-state index contributed by atoms with van der Waals surface area (Å²) >= 11 is 0. The normalized spacial score (nSPS) is 50.8. The molecule has 70 valence electrons. The van der Waals surface area contributed by atoms with Crippen molar-refractivity contribution < 1.29 is 12.6 Å². The molecule has 0 aromatic heterocycles. The minimum atomic E-state index is -3.21. The van der Waals surface area contributed by atoms with Gasteiger partial charge in [-0.3, -0.25) is 4.18 Å². The maximum atomic E-state index is 11.4. The van der Waals surface area contributed by atoms with Gasteiger partial charge < -0.3 is 0 Å². The van der Waals surface area contributed by atoms with Crippen LogP contribution >= 0.6 is 0 Å². The van der Waals surface area contributed by atoms with E-state index < -0.39 is 10.1 Å². The summed E-state index contributed by atoms with van der Waals surface area (Å²) in [5.74, 6) is 0.694. The molecule has 1 aliphatic heterocycles. The van der Waals surface area contributed by atoms with Crippen molar-refractivity contribution in [3.8, 4) is 0 Å². The van der Waals surface area contributed by atoms with Gasteiger partial charge in [-0.05, 0) is 18.8 Å². The van der Waals surface area contributed by atoms with E-state index >= 15 is 0 Å². The molecule has 0 spiro atoms. The lowest BCUT2D eigenvalue weighted by Gasteiger charge is -2.26. The molecular formula is C8H14O3S. The van der Waals surface area contributed by atoms with Crippen molar-refractivity contribution in [2.75, 3.05) is 0 Å². The SMILES string of the molecule is CC1CC2OS(=O)(=O)C(C1)C2C. The van der Waals surface area contributed by atoms with Crippen LogP contribution in [0.1, 0.15) is 26.7 Å². The van der Waals surface area contributed by atoms with E-state index in [4.69, 9.17) is 4.18 Å². The van der Waals surface area contributed by atoms with Crippen LogP contribution in [0.2, 0.25) is 0 Å². The lowest BCUT2D eigenvalue weighted by Crippen LogP contribution is -2.31. The average Bonchev–Trinajstić information content (AvgIpc) is 2.12. The highest BCUT2D eigenvalue weighted by molar-refractivity contribution is 7.87. The Kier molecular flexibility index (Phi) is 1.74. The van der Waals surface area contributed by atoms with E-state index in [1.165, 1.54) is 0 Å². The summed E-state index contributed by atoms with van der Waals surface area (Å²) < 4.78 is 27.8. The molecule has 1 aliphatic carbocycles. The van der Waals surface area contributed by atoms with Gasteiger partial charge in [-0.2, -0.15) is 8.42 Å². The summed E-state index contributed by atoms with van der Waals surface area (Å²) in [5.41, 5.74) is 0. The first-order valence-electron chi connectivity index (χ1n) is 4.43. The second-order valence-electron chi connectivity index (χ2n) is 4.10. The molecule has 0 aromatic carbocycles. The Morgan fingerprint density at radius 1 is 1.25 bits per heavy atom. The van der Waals surface area contributed by atoms with Crippen molar-refractivity contribution in [2.45, 2.75) is 38.0 Å². The largest absolute Gasteiger partial charge is 0.270 e. The molecule has 1 saturated heterocycles. The van der Waals surface area contributed by atoms with Crippen LogP contribution in [0.3, 0.4) is 0 Å². The van der Waals surface area contributed by atoms with E-state index in [0.717, 1.165) is 12.8 Å². The highest BCUT2D eigenvalue weighted by Crippen LogP contribution is 2.42. The van der Waals surface area contributed by atoms with Gasteiger partial charge in [0.2, 0.25) is 0 Å². The highest BCUT2D eigenvalue weighted by Gasteiger charge is 2.50. The molecule has 2 fully saturated rings. The summed E-state index contributed by atoms with van der Waals surface area (Å²) in [5, 5.41) is -0.230. The molecule has 0 aromatic rings. The fourth-order valence-electron chi connectivity index (χ4n) is 2.31. The van der Waals surface area contributed by atoms with Crippen LogP contribution in [0.5, 0.6) is 0 Å². The van der Waals surface area contributed by atoms with E-state index in [0.29, 0.717) is 5.92 Å². The molecule has 4 heteroatoms. The summed E-state index contributed by atoms with van der Waals surface area (Å²) in [4.78, 5) is 0. The van der Waals surface area contributed by atoms with E-state index in [2.05, 4.69) is 6.92 Å². The van der Waals surface area contributed by atoms with Gasteiger partial charge in [-0.15, -0.1) is 0 Å². The Labute approximate surface area is 73.2 Å². The van der Waals surface area contributed by atoms with Crippen LogP contribution in [-0.2, 0) is 14.3 Å². The maximum Gasteiger partial charge on any atom is 0.270 e. The minimum Gasteiger partial charge on any atom is -0.266 e. The minimum absolute atomic E-state index is 0.0382. The van der Waals surface area contributed by atoms with Crippen LogP contribution in [0.25, 0.3) is 0 Å². The molecule has 4 unspecified atom stereocenters. The number of fused-ring (bicyclic) bond motifs is 2. The molecule has 2 rings (SSSR count). The fraction of sp³-hybridized carbons (Fsp3) is 1.00. The molecule has 4 atom stereocenters. The summed E-state index contributed by atoms with van der Waals surface area (Å²) in [6.07, 6.45) is 1.64. The topological polar surface area (TPSA) is 43.4 Å². The molecule has 0 amide bonds. The van der Waals surface area contributed by atoms with Gasteiger partial charge in [-0.1, -0.05) is 13.8 Å². The molecular weight excluding hydrogens is 176 g/mol. The van der Waals surface area contributed by atoms with Crippen LogP contribution in [0, 0.1) is 11.8 Å². The molecule has 2 bridgehead atoms. The maximum absolute atomic E-state index is 11.4. The van der Waals surface area contributed by atoms with Crippen LogP contribution in [-0.4, -0.2) is 19.8 Å². The third-order valence-electron chi connectivity index (χ3n) is 3.07. The third kappa shape index (κ3) is 1.09. The molecule has 2 aliphatic rings. The van der Waals surface area contributed by atoms with Gasteiger partial charge >= 0.3 is 0 Å². The van der Waals surface area contributed by atoms with Gasteiger partial charge in [0, 0.05) is 5.92 Å². The quantitative estimate of drug-likeness (QED) is 0.538. The second kappa shape index (κ2) is 2.45.